The summed E-state index contributed by atoms with van der Waals surface area (Å²) in [5.74, 6) is -0.141. The maximum absolute atomic E-state index is 11.9. The predicted molar refractivity (Wildman–Crippen MR) is 90.2 cm³/mol. The standard InChI is InChI=1S/C14H18Cl2INO/c1-14(2,3)7-10(15)8-18-13(19)9-4-5-12(17)11(16)6-9/h4-6,10H,7-8H2,1-3H3,(H,18,19). The number of rotatable bonds is 4. The molecule has 5 heteroatoms. The zero-order valence-electron chi connectivity index (χ0n) is 11.3. The summed E-state index contributed by atoms with van der Waals surface area (Å²) in [6.45, 7) is 6.84. The molecule has 1 amide bonds. The molecule has 19 heavy (non-hydrogen) atoms. The molecule has 2 nitrogen and oxygen atoms in total. The van der Waals surface area contributed by atoms with E-state index >= 15 is 0 Å². The van der Waals surface area contributed by atoms with Gasteiger partial charge < -0.3 is 5.32 Å². The summed E-state index contributed by atoms with van der Waals surface area (Å²) in [6, 6.07) is 5.26. The van der Waals surface area contributed by atoms with Crippen molar-refractivity contribution >= 4 is 51.7 Å². The number of carbonyl (C=O) groups is 1. The smallest absolute Gasteiger partial charge is 0.251 e. The molecule has 0 aliphatic carbocycles. The molecule has 0 bridgehead atoms. The summed E-state index contributed by atoms with van der Waals surface area (Å²) in [5, 5.41) is 3.36. The van der Waals surface area contributed by atoms with Gasteiger partial charge in [0.05, 0.1) is 10.4 Å². The molecule has 0 heterocycles. The van der Waals surface area contributed by atoms with Crippen LogP contribution in [0.2, 0.25) is 5.02 Å². The molecule has 0 radical (unpaired) electrons. The van der Waals surface area contributed by atoms with Crippen LogP contribution in [-0.4, -0.2) is 17.8 Å². The van der Waals surface area contributed by atoms with E-state index in [1.165, 1.54) is 0 Å². The van der Waals surface area contributed by atoms with Crippen molar-refractivity contribution in [3.63, 3.8) is 0 Å². The molecule has 1 aromatic rings. The van der Waals surface area contributed by atoms with Gasteiger partial charge in [-0.05, 0) is 52.6 Å². The molecule has 1 unspecified atom stereocenters. The Hall–Kier alpha value is -0.0000000000000000555. The van der Waals surface area contributed by atoms with Crippen LogP contribution in [0.25, 0.3) is 0 Å². The van der Waals surface area contributed by atoms with E-state index in [1.807, 2.05) is 6.07 Å². The van der Waals surface area contributed by atoms with Gasteiger partial charge in [0.2, 0.25) is 0 Å². The zero-order chi connectivity index (χ0) is 14.6. The molecule has 0 aromatic heterocycles. The molecule has 0 fully saturated rings. The van der Waals surface area contributed by atoms with E-state index in [9.17, 15) is 4.79 Å². The minimum atomic E-state index is -0.141. The van der Waals surface area contributed by atoms with Crippen LogP contribution in [0.4, 0.5) is 0 Å². The highest BCUT2D eigenvalue weighted by Gasteiger charge is 2.17. The highest BCUT2D eigenvalue weighted by molar-refractivity contribution is 14.1. The Morgan fingerprint density at radius 1 is 1.42 bits per heavy atom. The molecule has 0 aliphatic rings. The lowest BCUT2D eigenvalue weighted by Crippen LogP contribution is -2.31. The van der Waals surface area contributed by atoms with Gasteiger partial charge in [0.25, 0.3) is 5.91 Å². The lowest BCUT2D eigenvalue weighted by molar-refractivity contribution is 0.0952. The minimum Gasteiger partial charge on any atom is -0.351 e. The van der Waals surface area contributed by atoms with Crippen LogP contribution in [0.1, 0.15) is 37.6 Å². The number of hydrogen-bond donors (Lipinski definition) is 1. The molecule has 0 spiro atoms. The Labute approximate surface area is 138 Å². The second-order valence-electron chi connectivity index (χ2n) is 5.70. The van der Waals surface area contributed by atoms with Crippen LogP contribution in [0.5, 0.6) is 0 Å². The number of amides is 1. The summed E-state index contributed by atoms with van der Waals surface area (Å²) >= 11 is 14.3. The number of halogens is 3. The fourth-order valence-electron chi connectivity index (χ4n) is 1.68. The first-order valence-corrected chi connectivity index (χ1v) is 7.96. The average Bonchev–Trinajstić information content (AvgIpc) is 2.27. The third kappa shape index (κ3) is 6.32. The normalized spacial score (nSPS) is 13.2. The van der Waals surface area contributed by atoms with Crippen LogP contribution in [0.3, 0.4) is 0 Å². The molecule has 0 saturated heterocycles. The monoisotopic (exact) mass is 413 g/mol. The summed E-state index contributed by atoms with van der Waals surface area (Å²) in [6.07, 6.45) is 0.849. The van der Waals surface area contributed by atoms with Gasteiger partial charge in [-0.3, -0.25) is 4.79 Å². The Morgan fingerprint density at radius 2 is 2.05 bits per heavy atom. The number of carbonyl (C=O) groups excluding carboxylic acids is 1. The maximum atomic E-state index is 11.9. The van der Waals surface area contributed by atoms with E-state index < -0.39 is 0 Å². The molecular weight excluding hydrogens is 396 g/mol. The summed E-state index contributed by atoms with van der Waals surface area (Å²) < 4.78 is 0.929. The first-order valence-electron chi connectivity index (χ1n) is 6.06. The van der Waals surface area contributed by atoms with Gasteiger partial charge in [-0.15, -0.1) is 11.6 Å². The molecule has 0 aliphatic heterocycles. The van der Waals surface area contributed by atoms with Crippen molar-refractivity contribution in [2.45, 2.75) is 32.6 Å². The number of alkyl halides is 1. The lowest BCUT2D eigenvalue weighted by Gasteiger charge is -2.22. The first kappa shape index (κ1) is 17.1. The zero-order valence-corrected chi connectivity index (χ0v) is 14.9. The quantitative estimate of drug-likeness (QED) is 0.561. The van der Waals surface area contributed by atoms with Gasteiger partial charge in [-0.2, -0.15) is 0 Å². The van der Waals surface area contributed by atoms with Gasteiger partial charge in [0.1, 0.15) is 0 Å². The fraction of sp³-hybridized carbons (Fsp3) is 0.500. The van der Waals surface area contributed by atoms with Gasteiger partial charge >= 0.3 is 0 Å². The fourth-order valence-corrected chi connectivity index (χ4v) is 2.74. The number of nitrogens with one attached hydrogen (secondary N) is 1. The van der Waals surface area contributed by atoms with Crippen molar-refractivity contribution in [2.75, 3.05) is 6.54 Å². The lowest BCUT2D eigenvalue weighted by atomic mass is 9.90. The Kier molecular flexibility index (Phi) is 6.40. The molecule has 0 saturated carbocycles. The largest absolute Gasteiger partial charge is 0.351 e. The van der Waals surface area contributed by atoms with Gasteiger partial charge in [0.15, 0.2) is 0 Å². The van der Waals surface area contributed by atoms with E-state index in [4.69, 9.17) is 23.2 Å². The van der Waals surface area contributed by atoms with Crippen molar-refractivity contribution in [1.29, 1.82) is 0 Å². The van der Waals surface area contributed by atoms with Crippen molar-refractivity contribution < 1.29 is 4.79 Å². The third-order valence-electron chi connectivity index (χ3n) is 2.50. The minimum absolute atomic E-state index is 0.0664. The first-order chi connectivity index (χ1) is 8.69. The number of benzene rings is 1. The van der Waals surface area contributed by atoms with Crippen LogP contribution >= 0.6 is 45.8 Å². The topological polar surface area (TPSA) is 29.1 Å². The van der Waals surface area contributed by atoms with Crippen LogP contribution in [0.15, 0.2) is 18.2 Å². The van der Waals surface area contributed by atoms with E-state index in [0.717, 1.165) is 9.99 Å². The highest BCUT2D eigenvalue weighted by Crippen LogP contribution is 2.23. The van der Waals surface area contributed by atoms with E-state index in [0.29, 0.717) is 17.1 Å². The Balaban J connectivity index is 2.53. The SMILES string of the molecule is CC(C)(C)CC(Cl)CNC(=O)c1ccc(I)c(Cl)c1. The summed E-state index contributed by atoms with van der Waals surface area (Å²) in [4.78, 5) is 11.9. The Bertz CT molecular complexity index is 457. The molecule has 1 atom stereocenters. The maximum Gasteiger partial charge on any atom is 0.251 e. The average molecular weight is 414 g/mol. The van der Waals surface area contributed by atoms with Crippen LogP contribution in [-0.2, 0) is 0 Å². The Morgan fingerprint density at radius 3 is 2.58 bits per heavy atom. The molecule has 106 valence electrons. The van der Waals surface area contributed by atoms with Crippen molar-refractivity contribution in [3.05, 3.63) is 32.4 Å². The molecule has 1 N–H and O–H groups in total. The predicted octanol–water partition coefficient (Wildman–Crippen LogP) is 4.72. The molecule has 1 rings (SSSR count). The van der Waals surface area contributed by atoms with E-state index in [-0.39, 0.29) is 16.7 Å². The number of hydrogen-bond acceptors (Lipinski definition) is 1. The van der Waals surface area contributed by atoms with E-state index in [1.54, 1.807) is 12.1 Å². The highest BCUT2D eigenvalue weighted by atomic mass is 127. The summed E-state index contributed by atoms with van der Waals surface area (Å²) in [5.41, 5.74) is 0.716. The van der Waals surface area contributed by atoms with Gasteiger partial charge in [0, 0.05) is 15.7 Å². The van der Waals surface area contributed by atoms with Crippen molar-refractivity contribution in [1.82, 2.24) is 5.32 Å². The second-order valence-corrected chi connectivity index (χ2v) is 7.89. The van der Waals surface area contributed by atoms with Crippen LogP contribution in [0, 0.1) is 8.99 Å². The second kappa shape index (κ2) is 7.14. The summed E-state index contributed by atoms with van der Waals surface area (Å²) in [7, 11) is 0. The van der Waals surface area contributed by atoms with Crippen LogP contribution < -0.4 is 5.32 Å². The van der Waals surface area contributed by atoms with E-state index in [2.05, 4.69) is 48.7 Å². The van der Waals surface area contributed by atoms with Crippen molar-refractivity contribution in [2.24, 2.45) is 5.41 Å². The molecular formula is C14H18Cl2INO. The van der Waals surface area contributed by atoms with Gasteiger partial charge in [-0.25, -0.2) is 0 Å². The van der Waals surface area contributed by atoms with Gasteiger partial charge in [-0.1, -0.05) is 32.4 Å². The third-order valence-corrected chi connectivity index (χ3v) is 4.38. The van der Waals surface area contributed by atoms with Crippen molar-refractivity contribution in [3.8, 4) is 0 Å². The molecule has 1 aromatic carbocycles.